The molecular weight excluding hydrogens is 290 g/mol. The van der Waals surface area contributed by atoms with Gasteiger partial charge in [0.1, 0.15) is 11.1 Å². The molecule has 0 saturated carbocycles. The predicted octanol–water partition coefficient (Wildman–Crippen LogP) is 1.44. The van der Waals surface area contributed by atoms with Crippen molar-refractivity contribution in [1.29, 1.82) is 5.26 Å². The molecule has 2 heterocycles. The maximum Gasteiger partial charge on any atom is 0.309 e. The SMILES string of the molecule is COC(=O)C1CCCN(CC(=O)Nc2sccc2C#N)C1. The minimum atomic E-state index is -0.217. The van der Waals surface area contributed by atoms with Gasteiger partial charge in [-0.2, -0.15) is 5.26 Å². The van der Waals surface area contributed by atoms with Gasteiger partial charge in [-0.05, 0) is 30.8 Å². The number of thiophene rings is 1. The Hall–Kier alpha value is -1.91. The van der Waals surface area contributed by atoms with Crippen molar-refractivity contribution in [3.63, 3.8) is 0 Å². The smallest absolute Gasteiger partial charge is 0.309 e. The van der Waals surface area contributed by atoms with E-state index in [2.05, 4.69) is 5.32 Å². The third-order valence-corrected chi connectivity index (χ3v) is 4.28. The quantitative estimate of drug-likeness (QED) is 0.851. The third-order valence-electron chi connectivity index (χ3n) is 3.45. The molecule has 6 nitrogen and oxygen atoms in total. The highest BCUT2D eigenvalue weighted by Gasteiger charge is 2.27. The van der Waals surface area contributed by atoms with Gasteiger partial charge < -0.3 is 10.1 Å². The molecule has 0 spiro atoms. The van der Waals surface area contributed by atoms with Gasteiger partial charge in [0, 0.05) is 6.54 Å². The topological polar surface area (TPSA) is 82.4 Å². The summed E-state index contributed by atoms with van der Waals surface area (Å²) in [7, 11) is 1.38. The van der Waals surface area contributed by atoms with E-state index in [9.17, 15) is 9.59 Å². The number of nitrogens with zero attached hydrogens (tertiary/aromatic N) is 2. The first-order valence-corrected chi connectivity index (χ1v) is 7.59. The molecule has 1 amide bonds. The molecule has 2 rings (SSSR count). The van der Waals surface area contributed by atoms with Crippen molar-refractivity contribution in [2.75, 3.05) is 32.1 Å². The Morgan fingerprint density at radius 1 is 1.62 bits per heavy atom. The van der Waals surface area contributed by atoms with Gasteiger partial charge in [0.15, 0.2) is 0 Å². The van der Waals surface area contributed by atoms with Crippen molar-refractivity contribution in [3.05, 3.63) is 17.0 Å². The van der Waals surface area contributed by atoms with Gasteiger partial charge in [-0.15, -0.1) is 11.3 Å². The first-order chi connectivity index (χ1) is 10.1. The molecule has 1 aliphatic rings. The highest BCUT2D eigenvalue weighted by molar-refractivity contribution is 7.14. The molecule has 7 heteroatoms. The van der Waals surface area contributed by atoms with Crippen LogP contribution in [0.4, 0.5) is 5.00 Å². The van der Waals surface area contributed by atoms with E-state index in [-0.39, 0.29) is 24.3 Å². The molecule has 1 saturated heterocycles. The van der Waals surface area contributed by atoms with E-state index >= 15 is 0 Å². The highest BCUT2D eigenvalue weighted by Crippen LogP contribution is 2.22. The summed E-state index contributed by atoms with van der Waals surface area (Å²) >= 11 is 1.33. The molecule has 1 atom stereocenters. The number of hydrogen-bond acceptors (Lipinski definition) is 6. The summed E-state index contributed by atoms with van der Waals surface area (Å²) in [5.41, 5.74) is 0.472. The van der Waals surface area contributed by atoms with Crippen LogP contribution in [0.15, 0.2) is 11.4 Å². The first kappa shape index (κ1) is 15.5. The zero-order valence-corrected chi connectivity index (χ0v) is 12.6. The van der Waals surface area contributed by atoms with E-state index in [1.807, 2.05) is 11.0 Å². The summed E-state index contributed by atoms with van der Waals surface area (Å²) in [6, 6.07) is 3.71. The molecular formula is C14H17N3O3S. The number of likely N-dealkylation sites (tertiary alicyclic amines) is 1. The number of rotatable bonds is 4. The molecule has 0 radical (unpaired) electrons. The zero-order chi connectivity index (χ0) is 15.2. The van der Waals surface area contributed by atoms with Crippen LogP contribution in [0.2, 0.25) is 0 Å². The summed E-state index contributed by atoms with van der Waals surface area (Å²) < 4.78 is 4.76. The Balaban J connectivity index is 1.88. The van der Waals surface area contributed by atoms with Crippen LogP contribution in [0.1, 0.15) is 18.4 Å². The summed E-state index contributed by atoms with van der Waals surface area (Å²) in [5.74, 6) is -0.544. The van der Waals surface area contributed by atoms with Crippen molar-refractivity contribution in [2.24, 2.45) is 5.92 Å². The van der Waals surface area contributed by atoms with Crippen molar-refractivity contribution in [2.45, 2.75) is 12.8 Å². The Morgan fingerprint density at radius 2 is 2.43 bits per heavy atom. The minimum absolute atomic E-state index is 0.159. The summed E-state index contributed by atoms with van der Waals surface area (Å²) in [4.78, 5) is 25.5. The lowest BCUT2D eigenvalue weighted by atomic mass is 9.98. The molecule has 1 unspecified atom stereocenters. The van der Waals surface area contributed by atoms with Crippen LogP contribution in [0.5, 0.6) is 0 Å². The number of anilines is 1. The first-order valence-electron chi connectivity index (χ1n) is 6.71. The fraction of sp³-hybridized carbons (Fsp3) is 0.500. The molecule has 1 N–H and O–H groups in total. The van der Waals surface area contributed by atoms with Crippen LogP contribution in [-0.4, -0.2) is 43.5 Å². The maximum absolute atomic E-state index is 12.0. The van der Waals surface area contributed by atoms with Gasteiger partial charge in [-0.3, -0.25) is 14.5 Å². The number of ether oxygens (including phenoxy) is 1. The summed E-state index contributed by atoms with van der Waals surface area (Å²) in [6.07, 6.45) is 1.67. The van der Waals surface area contributed by atoms with Crippen molar-refractivity contribution in [1.82, 2.24) is 4.90 Å². The second-order valence-electron chi connectivity index (χ2n) is 4.92. The van der Waals surface area contributed by atoms with E-state index in [0.717, 1.165) is 19.4 Å². The van der Waals surface area contributed by atoms with Crippen molar-refractivity contribution < 1.29 is 14.3 Å². The molecule has 0 aromatic carbocycles. The largest absolute Gasteiger partial charge is 0.469 e. The second-order valence-corrected chi connectivity index (χ2v) is 5.84. The van der Waals surface area contributed by atoms with E-state index in [0.29, 0.717) is 17.1 Å². The van der Waals surface area contributed by atoms with Crippen LogP contribution in [-0.2, 0) is 14.3 Å². The van der Waals surface area contributed by atoms with Gasteiger partial charge in [-0.25, -0.2) is 0 Å². The summed E-state index contributed by atoms with van der Waals surface area (Å²) in [5, 5.41) is 14.0. The van der Waals surface area contributed by atoms with Crippen LogP contribution in [0.3, 0.4) is 0 Å². The van der Waals surface area contributed by atoms with Crippen LogP contribution in [0.25, 0.3) is 0 Å². The van der Waals surface area contributed by atoms with E-state index in [1.165, 1.54) is 18.4 Å². The number of nitrogens with one attached hydrogen (secondary N) is 1. The van der Waals surface area contributed by atoms with Crippen LogP contribution >= 0.6 is 11.3 Å². The predicted molar refractivity (Wildman–Crippen MR) is 78.8 cm³/mol. The van der Waals surface area contributed by atoms with Crippen LogP contribution < -0.4 is 5.32 Å². The van der Waals surface area contributed by atoms with Gasteiger partial charge in [0.25, 0.3) is 0 Å². The third kappa shape index (κ3) is 4.03. The number of methoxy groups -OCH3 is 1. The van der Waals surface area contributed by atoms with Crippen molar-refractivity contribution >= 4 is 28.2 Å². The summed E-state index contributed by atoms with van der Waals surface area (Å²) in [6.45, 7) is 1.54. The van der Waals surface area contributed by atoms with E-state index < -0.39 is 0 Å². The maximum atomic E-state index is 12.0. The Labute approximate surface area is 127 Å². The normalized spacial score (nSPS) is 18.8. The second kappa shape index (κ2) is 7.20. The number of nitriles is 1. The molecule has 0 bridgehead atoms. The van der Waals surface area contributed by atoms with E-state index in [1.54, 1.807) is 11.4 Å². The number of hydrogen-bond donors (Lipinski definition) is 1. The minimum Gasteiger partial charge on any atom is -0.469 e. The lowest BCUT2D eigenvalue weighted by molar-refractivity contribution is -0.147. The van der Waals surface area contributed by atoms with Gasteiger partial charge >= 0.3 is 5.97 Å². The molecule has 21 heavy (non-hydrogen) atoms. The molecule has 112 valence electrons. The van der Waals surface area contributed by atoms with Crippen molar-refractivity contribution in [3.8, 4) is 6.07 Å². The monoisotopic (exact) mass is 307 g/mol. The molecule has 1 aromatic heterocycles. The number of amides is 1. The van der Waals surface area contributed by atoms with Gasteiger partial charge in [-0.1, -0.05) is 0 Å². The fourth-order valence-electron chi connectivity index (χ4n) is 2.42. The number of carbonyl (C=O) groups is 2. The highest BCUT2D eigenvalue weighted by atomic mass is 32.1. The standard InChI is InChI=1S/C14H17N3O3S/c1-20-14(19)11-3-2-5-17(8-11)9-12(18)16-13-10(7-15)4-6-21-13/h4,6,11H,2-3,5,8-9H2,1H3,(H,16,18). The average Bonchev–Trinajstić information content (AvgIpc) is 2.93. The van der Waals surface area contributed by atoms with Crippen LogP contribution in [0, 0.1) is 17.2 Å². The lowest BCUT2D eigenvalue weighted by Gasteiger charge is -2.30. The van der Waals surface area contributed by atoms with E-state index in [4.69, 9.17) is 10.00 Å². The number of esters is 1. The zero-order valence-electron chi connectivity index (χ0n) is 11.8. The molecule has 1 aliphatic heterocycles. The molecule has 1 aromatic rings. The Kier molecular flexibility index (Phi) is 5.31. The van der Waals surface area contributed by atoms with Gasteiger partial charge in [0.05, 0.1) is 25.1 Å². The Morgan fingerprint density at radius 3 is 3.14 bits per heavy atom. The fourth-order valence-corrected chi connectivity index (χ4v) is 3.18. The number of carbonyl (C=O) groups excluding carboxylic acids is 2. The molecule has 1 fully saturated rings. The molecule has 0 aliphatic carbocycles. The average molecular weight is 307 g/mol. The lowest BCUT2D eigenvalue weighted by Crippen LogP contribution is -2.42. The number of piperidine rings is 1. The Bertz CT molecular complexity index is 564. The van der Waals surface area contributed by atoms with Gasteiger partial charge in [0.2, 0.25) is 5.91 Å².